The molecule has 0 unspecified atom stereocenters. The summed E-state index contributed by atoms with van der Waals surface area (Å²) in [6.45, 7) is 6.14. The van der Waals surface area contributed by atoms with Gasteiger partial charge in [0.15, 0.2) is 5.96 Å². The molecule has 7 heteroatoms. The minimum absolute atomic E-state index is 0.210. The smallest absolute Gasteiger partial charge is 0.191 e. The molecule has 2 fully saturated rings. The van der Waals surface area contributed by atoms with Gasteiger partial charge in [0.1, 0.15) is 5.82 Å². The molecule has 4 rings (SSSR count). The van der Waals surface area contributed by atoms with E-state index in [2.05, 4.69) is 44.0 Å². The van der Waals surface area contributed by atoms with Crippen molar-refractivity contribution in [1.82, 2.24) is 4.90 Å². The summed E-state index contributed by atoms with van der Waals surface area (Å²) in [5.41, 5.74) is 9.66. The van der Waals surface area contributed by atoms with Crippen LogP contribution in [0.4, 0.5) is 15.8 Å². The molecule has 2 saturated heterocycles. The lowest BCUT2D eigenvalue weighted by Gasteiger charge is -2.36. The van der Waals surface area contributed by atoms with Gasteiger partial charge in [-0.2, -0.15) is 0 Å². The summed E-state index contributed by atoms with van der Waals surface area (Å²) >= 11 is 0. The molecule has 31 heavy (non-hydrogen) atoms. The lowest BCUT2D eigenvalue weighted by atomic mass is 9.97. The monoisotopic (exact) mass is 425 g/mol. The quantitative estimate of drug-likeness (QED) is 0.570. The van der Waals surface area contributed by atoms with Crippen molar-refractivity contribution >= 4 is 17.3 Å². The highest BCUT2D eigenvalue weighted by atomic mass is 19.1. The van der Waals surface area contributed by atoms with Gasteiger partial charge in [-0.05, 0) is 60.7 Å². The Hall–Kier alpha value is -2.80. The second kappa shape index (κ2) is 10.0. The molecular weight excluding hydrogens is 393 g/mol. The SMILES string of the molecule is NC(=NCc1ccc(N2CCC(CO)CC2)cc1)N1CCN(c2ccc(F)cc2)CC1. The zero-order valence-electron chi connectivity index (χ0n) is 18.0. The number of hydrogen-bond donors (Lipinski definition) is 2. The summed E-state index contributed by atoms with van der Waals surface area (Å²) in [6, 6.07) is 15.2. The predicted molar refractivity (Wildman–Crippen MR) is 124 cm³/mol. The normalized spacial score (nSPS) is 18.5. The van der Waals surface area contributed by atoms with Crippen molar-refractivity contribution in [3.05, 3.63) is 59.9 Å². The maximum atomic E-state index is 13.1. The zero-order chi connectivity index (χ0) is 21.6. The number of aliphatic hydroxyl groups excluding tert-OH is 1. The molecule has 0 atom stereocenters. The van der Waals surface area contributed by atoms with E-state index in [9.17, 15) is 9.50 Å². The van der Waals surface area contributed by atoms with Gasteiger partial charge in [0, 0.05) is 57.3 Å². The van der Waals surface area contributed by atoms with Crippen molar-refractivity contribution in [3.63, 3.8) is 0 Å². The highest BCUT2D eigenvalue weighted by Gasteiger charge is 2.19. The number of guanidine groups is 1. The number of piperidine rings is 1. The van der Waals surface area contributed by atoms with Crippen molar-refractivity contribution in [2.24, 2.45) is 16.6 Å². The first-order valence-electron chi connectivity index (χ1n) is 11.1. The maximum absolute atomic E-state index is 13.1. The molecule has 2 aliphatic rings. The number of nitrogens with zero attached hydrogens (tertiary/aromatic N) is 4. The molecule has 0 aliphatic carbocycles. The Kier molecular flexibility index (Phi) is 6.92. The molecule has 2 aliphatic heterocycles. The van der Waals surface area contributed by atoms with E-state index in [-0.39, 0.29) is 5.82 Å². The number of rotatable bonds is 5. The predicted octanol–water partition coefficient (Wildman–Crippen LogP) is 2.67. The van der Waals surface area contributed by atoms with E-state index in [4.69, 9.17) is 5.73 Å². The molecule has 0 spiro atoms. The van der Waals surface area contributed by atoms with Gasteiger partial charge < -0.3 is 25.5 Å². The van der Waals surface area contributed by atoms with Crippen molar-refractivity contribution in [1.29, 1.82) is 0 Å². The number of nitrogens with two attached hydrogens (primary N) is 1. The Bertz CT molecular complexity index is 855. The van der Waals surface area contributed by atoms with E-state index in [1.165, 1.54) is 17.8 Å². The average Bonchev–Trinajstić information content (AvgIpc) is 2.83. The minimum Gasteiger partial charge on any atom is -0.396 e. The van der Waals surface area contributed by atoms with E-state index >= 15 is 0 Å². The van der Waals surface area contributed by atoms with Crippen molar-refractivity contribution < 1.29 is 9.50 Å². The summed E-state index contributed by atoms with van der Waals surface area (Å²) in [4.78, 5) is 11.3. The maximum Gasteiger partial charge on any atom is 0.191 e. The summed E-state index contributed by atoms with van der Waals surface area (Å²) in [5, 5.41) is 9.30. The third kappa shape index (κ3) is 5.47. The second-order valence-corrected chi connectivity index (χ2v) is 8.40. The lowest BCUT2D eigenvalue weighted by molar-refractivity contribution is 0.203. The van der Waals surface area contributed by atoms with E-state index in [1.54, 1.807) is 0 Å². The molecule has 0 saturated carbocycles. The molecular formula is C24H32FN5O. The van der Waals surface area contributed by atoms with Crippen LogP contribution < -0.4 is 15.5 Å². The van der Waals surface area contributed by atoms with E-state index in [1.807, 2.05) is 12.1 Å². The minimum atomic E-state index is -0.210. The Labute approximate surface area is 183 Å². The standard InChI is InChI=1S/C24H32FN5O/c25-21-3-7-23(8-4-21)29-13-15-30(16-14-29)24(26)27-17-19-1-5-22(6-2-19)28-11-9-20(18-31)10-12-28/h1-8,20,31H,9-18H2,(H2,26,27). The van der Waals surface area contributed by atoms with Gasteiger partial charge >= 0.3 is 0 Å². The summed E-state index contributed by atoms with van der Waals surface area (Å²) < 4.78 is 13.1. The van der Waals surface area contributed by atoms with Crippen LogP contribution in [-0.2, 0) is 6.54 Å². The Morgan fingerprint density at radius 2 is 1.42 bits per heavy atom. The largest absolute Gasteiger partial charge is 0.396 e. The highest BCUT2D eigenvalue weighted by molar-refractivity contribution is 5.78. The first kappa shape index (κ1) is 21.4. The van der Waals surface area contributed by atoms with Gasteiger partial charge in [-0.25, -0.2) is 9.38 Å². The fourth-order valence-electron chi connectivity index (χ4n) is 4.30. The number of aliphatic hydroxyl groups is 1. The van der Waals surface area contributed by atoms with Gasteiger partial charge in [-0.1, -0.05) is 12.1 Å². The van der Waals surface area contributed by atoms with Crippen LogP contribution in [0.3, 0.4) is 0 Å². The average molecular weight is 426 g/mol. The third-order valence-electron chi connectivity index (χ3n) is 6.39. The van der Waals surface area contributed by atoms with Crippen LogP contribution in [0.25, 0.3) is 0 Å². The van der Waals surface area contributed by atoms with Gasteiger partial charge in [0.2, 0.25) is 0 Å². The fourth-order valence-corrected chi connectivity index (χ4v) is 4.30. The zero-order valence-corrected chi connectivity index (χ0v) is 18.0. The molecule has 0 aromatic heterocycles. The lowest BCUT2D eigenvalue weighted by Crippen LogP contribution is -2.51. The Balaban J connectivity index is 1.26. The number of hydrogen-bond acceptors (Lipinski definition) is 4. The molecule has 0 amide bonds. The number of aliphatic imine (C=N–C) groups is 1. The van der Waals surface area contributed by atoms with Crippen LogP contribution in [-0.4, -0.2) is 61.8 Å². The number of halogens is 1. The molecule has 0 radical (unpaired) electrons. The van der Waals surface area contributed by atoms with Crippen LogP contribution in [0, 0.1) is 11.7 Å². The van der Waals surface area contributed by atoms with Crippen molar-refractivity contribution in [3.8, 4) is 0 Å². The Morgan fingerprint density at radius 3 is 2.00 bits per heavy atom. The molecule has 166 valence electrons. The van der Waals surface area contributed by atoms with Crippen LogP contribution in [0.2, 0.25) is 0 Å². The van der Waals surface area contributed by atoms with Crippen LogP contribution >= 0.6 is 0 Å². The van der Waals surface area contributed by atoms with Gasteiger partial charge in [0.25, 0.3) is 0 Å². The molecule has 2 aromatic carbocycles. The first-order valence-corrected chi connectivity index (χ1v) is 11.1. The molecule has 2 heterocycles. The number of anilines is 2. The molecule has 6 nitrogen and oxygen atoms in total. The first-order chi connectivity index (χ1) is 15.1. The summed E-state index contributed by atoms with van der Waals surface area (Å²) in [6.07, 6.45) is 2.10. The van der Waals surface area contributed by atoms with E-state index in [0.29, 0.717) is 25.0 Å². The van der Waals surface area contributed by atoms with Crippen molar-refractivity contribution in [2.75, 3.05) is 55.7 Å². The van der Waals surface area contributed by atoms with Gasteiger partial charge in [0.05, 0.1) is 6.54 Å². The number of benzene rings is 2. The molecule has 0 bridgehead atoms. The molecule has 2 aromatic rings. The van der Waals surface area contributed by atoms with E-state index < -0.39 is 0 Å². The van der Waals surface area contributed by atoms with Crippen LogP contribution in [0.1, 0.15) is 18.4 Å². The summed E-state index contributed by atoms with van der Waals surface area (Å²) in [7, 11) is 0. The summed E-state index contributed by atoms with van der Waals surface area (Å²) in [5.74, 6) is 0.817. The number of piperazine rings is 1. The third-order valence-corrected chi connectivity index (χ3v) is 6.39. The Morgan fingerprint density at radius 1 is 0.871 bits per heavy atom. The van der Waals surface area contributed by atoms with Crippen molar-refractivity contribution in [2.45, 2.75) is 19.4 Å². The van der Waals surface area contributed by atoms with E-state index in [0.717, 1.165) is 63.4 Å². The topological polar surface area (TPSA) is 68.3 Å². The van der Waals surface area contributed by atoms with Crippen LogP contribution in [0.5, 0.6) is 0 Å². The fraction of sp³-hybridized carbons (Fsp3) is 0.458. The van der Waals surface area contributed by atoms with Crippen LogP contribution in [0.15, 0.2) is 53.5 Å². The second-order valence-electron chi connectivity index (χ2n) is 8.40. The van der Waals surface area contributed by atoms with Gasteiger partial charge in [-0.15, -0.1) is 0 Å². The van der Waals surface area contributed by atoms with Gasteiger partial charge in [-0.3, -0.25) is 0 Å². The highest BCUT2D eigenvalue weighted by Crippen LogP contribution is 2.23. The molecule has 3 N–H and O–H groups in total.